The number of nitrogens with zero attached hydrogens (tertiary/aromatic N) is 2. The summed E-state index contributed by atoms with van der Waals surface area (Å²) in [6.45, 7) is 3.76. The Hall–Kier alpha value is -1.99. The fourth-order valence-corrected chi connectivity index (χ4v) is 2.99. The van der Waals surface area contributed by atoms with Crippen LogP contribution in [-0.2, 0) is 11.3 Å². The van der Waals surface area contributed by atoms with Crippen LogP contribution < -0.4 is 10.1 Å². The van der Waals surface area contributed by atoms with Crippen LogP contribution in [0.5, 0.6) is 5.75 Å². The minimum absolute atomic E-state index is 0.0692. The van der Waals surface area contributed by atoms with Gasteiger partial charge in [-0.25, -0.2) is 4.39 Å². The van der Waals surface area contributed by atoms with Crippen molar-refractivity contribution in [2.24, 2.45) is 5.92 Å². The van der Waals surface area contributed by atoms with Gasteiger partial charge in [0, 0.05) is 19.8 Å². The van der Waals surface area contributed by atoms with Crippen LogP contribution in [0, 0.1) is 18.7 Å². The molecule has 0 saturated carbocycles. The molecule has 24 heavy (non-hydrogen) atoms. The van der Waals surface area contributed by atoms with Crippen LogP contribution in [0.15, 0.2) is 22.7 Å². The quantitative estimate of drug-likeness (QED) is 0.875. The van der Waals surface area contributed by atoms with Gasteiger partial charge in [0.2, 0.25) is 5.89 Å². The third-order valence-electron chi connectivity index (χ3n) is 4.29. The standard InChI is InChI=1S/C17H22FN3O3/c1-11-20-17(24-21-11)16(13-5-7-23-8-6-13)19-10-12-3-4-15(22-2)14(18)9-12/h3-4,9,13,16,19H,5-8,10H2,1-2H3/t16-/m1/s1. The van der Waals surface area contributed by atoms with Crippen molar-refractivity contribution in [2.75, 3.05) is 20.3 Å². The summed E-state index contributed by atoms with van der Waals surface area (Å²) in [6, 6.07) is 4.88. The van der Waals surface area contributed by atoms with Crippen LogP contribution in [0.4, 0.5) is 4.39 Å². The molecule has 1 fully saturated rings. The highest BCUT2D eigenvalue weighted by molar-refractivity contribution is 5.29. The van der Waals surface area contributed by atoms with Crippen LogP contribution in [0.2, 0.25) is 0 Å². The number of hydrogen-bond donors (Lipinski definition) is 1. The third-order valence-corrected chi connectivity index (χ3v) is 4.29. The van der Waals surface area contributed by atoms with E-state index in [4.69, 9.17) is 14.0 Å². The lowest BCUT2D eigenvalue weighted by Gasteiger charge is -2.28. The predicted octanol–water partition coefficient (Wildman–Crippen LogP) is 2.78. The topological polar surface area (TPSA) is 69.4 Å². The summed E-state index contributed by atoms with van der Waals surface area (Å²) < 4.78 is 29.6. The molecule has 0 bridgehead atoms. The molecule has 0 radical (unpaired) electrons. The minimum atomic E-state index is -0.368. The number of aryl methyl sites for hydroxylation is 1. The maximum atomic E-state index is 13.8. The summed E-state index contributed by atoms with van der Waals surface area (Å²) >= 11 is 0. The predicted molar refractivity (Wildman–Crippen MR) is 85.1 cm³/mol. The monoisotopic (exact) mass is 335 g/mol. The van der Waals surface area contributed by atoms with Gasteiger partial charge in [-0.15, -0.1) is 0 Å². The van der Waals surface area contributed by atoms with Crippen molar-refractivity contribution in [2.45, 2.75) is 32.4 Å². The molecule has 1 N–H and O–H groups in total. The fourth-order valence-electron chi connectivity index (χ4n) is 2.99. The summed E-state index contributed by atoms with van der Waals surface area (Å²) in [7, 11) is 1.45. The highest BCUT2D eigenvalue weighted by Gasteiger charge is 2.29. The molecule has 1 aromatic carbocycles. The zero-order valence-corrected chi connectivity index (χ0v) is 13.9. The Kier molecular flexibility index (Phi) is 5.42. The van der Waals surface area contributed by atoms with Crippen molar-refractivity contribution in [1.29, 1.82) is 0 Å². The second-order valence-electron chi connectivity index (χ2n) is 5.96. The maximum Gasteiger partial charge on any atom is 0.244 e. The summed E-state index contributed by atoms with van der Waals surface area (Å²) in [5.41, 5.74) is 0.835. The van der Waals surface area contributed by atoms with Gasteiger partial charge in [-0.3, -0.25) is 0 Å². The summed E-state index contributed by atoms with van der Waals surface area (Å²) in [5.74, 6) is 1.41. The van der Waals surface area contributed by atoms with E-state index >= 15 is 0 Å². The van der Waals surface area contributed by atoms with Crippen molar-refractivity contribution in [3.05, 3.63) is 41.3 Å². The van der Waals surface area contributed by atoms with E-state index in [0.717, 1.165) is 31.6 Å². The van der Waals surface area contributed by atoms with Gasteiger partial charge in [0.15, 0.2) is 17.4 Å². The molecule has 3 rings (SSSR count). The van der Waals surface area contributed by atoms with Gasteiger partial charge in [-0.05, 0) is 43.4 Å². The highest BCUT2D eigenvalue weighted by atomic mass is 19.1. The number of halogens is 1. The highest BCUT2D eigenvalue weighted by Crippen LogP contribution is 2.29. The Balaban J connectivity index is 1.72. The third kappa shape index (κ3) is 3.91. The fraction of sp³-hybridized carbons (Fsp3) is 0.529. The second-order valence-corrected chi connectivity index (χ2v) is 5.96. The van der Waals surface area contributed by atoms with Gasteiger partial charge in [0.1, 0.15) is 0 Å². The molecule has 6 nitrogen and oxygen atoms in total. The van der Waals surface area contributed by atoms with E-state index in [1.54, 1.807) is 13.0 Å². The Morgan fingerprint density at radius 1 is 1.38 bits per heavy atom. The number of methoxy groups -OCH3 is 1. The van der Waals surface area contributed by atoms with Crippen molar-refractivity contribution in [3.63, 3.8) is 0 Å². The van der Waals surface area contributed by atoms with Crippen molar-refractivity contribution >= 4 is 0 Å². The summed E-state index contributed by atoms with van der Waals surface area (Å²) in [5, 5.41) is 7.33. The molecule has 1 aromatic heterocycles. The molecule has 0 unspecified atom stereocenters. The molecule has 130 valence electrons. The van der Waals surface area contributed by atoms with Crippen LogP contribution in [-0.4, -0.2) is 30.5 Å². The molecular formula is C17H22FN3O3. The van der Waals surface area contributed by atoms with E-state index in [-0.39, 0.29) is 17.6 Å². The number of benzene rings is 1. The molecule has 1 saturated heterocycles. The zero-order valence-electron chi connectivity index (χ0n) is 13.9. The zero-order chi connectivity index (χ0) is 16.9. The van der Waals surface area contributed by atoms with Crippen molar-refractivity contribution in [1.82, 2.24) is 15.5 Å². The van der Waals surface area contributed by atoms with Crippen molar-refractivity contribution < 1.29 is 18.4 Å². The molecule has 1 aliphatic rings. The minimum Gasteiger partial charge on any atom is -0.494 e. The first-order valence-electron chi connectivity index (χ1n) is 8.11. The molecule has 7 heteroatoms. The Labute approximate surface area is 140 Å². The summed E-state index contributed by atoms with van der Waals surface area (Å²) in [4.78, 5) is 4.37. The first-order valence-corrected chi connectivity index (χ1v) is 8.11. The van der Waals surface area contributed by atoms with Gasteiger partial charge >= 0.3 is 0 Å². The van der Waals surface area contributed by atoms with Crippen LogP contribution in [0.1, 0.15) is 36.2 Å². The van der Waals surface area contributed by atoms with Gasteiger partial charge in [-0.2, -0.15) is 4.98 Å². The number of hydrogen-bond acceptors (Lipinski definition) is 6. The molecule has 0 aliphatic carbocycles. The van der Waals surface area contributed by atoms with E-state index in [9.17, 15) is 4.39 Å². The lowest BCUT2D eigenvalue weighted by Crippen LogP contribution is -2.32. The average molecular weight is 335 g/mol. The molecule has 2 heterocycles. The number of aromatic nitrogens is 2. The van der Waals surface area contributed by atoms with E-state index in [0.29, 0.717) is 24.2 Å². The van der Waals surface area contributed by atoms with E-state index in [2.05, 4.69) is 15.5 Å². The van der Waals surface area contributed by atoms with Gasteiger partial charge in [-0.1, -0.05) is 11.2 Å². The number of nitrogens with one attached hydrogen (secondary N) is 1. The first-order chi connectivity index (χ1) is 11.7. The SMILES string of the molecule is COc1ccc(CN[C@@H](c2nc(C)no2)C2CCOCC2)cc1F. The Morgan fingerprint density at radius 2 is 2.17 bits per heavy atom. The smallest absolute Gasteiger partial charge is 0.244 e. The normalized spacial score (nSPS) is 17.0. The van der Waals surface area contributed by atoms with E-state index in [1.165, 1.54) is 13.2 Å². The second kappa shape index (κ2) is 7.72. The van der Waals surface area contributed by atoms with E-state index in [1.807, 2.05) is 6.07 Å². The van der Waals surface area contributed by atoms with Gasteiger partial charge in [0.25, 0.3) is 0 Å². The van der Waals surface area contributed by atoms with Crippen molar-refractivity contribution in [3.8, 4) is 5.75 Å². The molecule has 2 aromatic rings. The van der Waals surface area contributed by atoms with Crippen LogP contribution in [0.3, 0.4) is 0 Å². The first kappa shape index (κ1) is 16.9. The lowest BCUT2D eigenvalue weighted by atomic mass is 9.91. The number of ether oxygens (including phenoxy) is 2. The molecule has 0 spiro atoms. The lowest BCUT2D eigenvalue weighted by molar-refractivity contribution is 0.0485. The molecule has 1 atom stereocenters. The molecule has 0 amide bonds. The number of rotatable bonds is 6. The maximum absolute atomic E-state index is 13.8. The van der Waals surface area contributed by atoms with Gasteiger partial charge < -0.3 is 19.3 Å². The van der Waals surface area contributed by atoms with Gasteiger partial charge in [0.05, 0.1) is 13.2 Å². The Morgan fingerprint density at radius 3 is 2.79 bits per heavy atom. The Bertz CT molecular complexity index is 671. The average Bonchev–Trinajstić information content (AvgIpc) is 3.02. The largest absolute Gasteiger partial charge is 0.494 e. The molecular weight excluding hydrogens is 313 g/mol. The summed E-state index contributed by atoms with van der Waals surface area (Å²) in [6.07, 6.45) is 1.85. The molecule has 1 aliphatic heterocycles. The van der Waals surface area contributed by atoms with Crippen LogP contribution >= 0.6 is 0 Å². The van der Waals surface area contributed by atoms with Crippen LogP contribution in [0.25, 0.3) is 0 Å². The van der Waals surface area contributed by atoms with E-state index < -0.39 is 0 Å².